The standard InChI is InChI=1S/C18H22N2O4/c1-13(2)24-16-8-5-4-7-15(16)20(14(3)21)11-10-19-18(22)17-9-6-12-23-17/h4-9,12-13H,10-11H2,1-3H3,(H,19,22). The normalized spacial score (nSPS) is 10.5. The maximum atomic E-state index is 12.0. The zero-order valence-electron chi connectivity index (χ0n) is 14.1. The van der Waals surface area contributed by atoms with Crippen LogP contribution in [0.25, 0.3) is 0 Å². The molecule has 0 bridgehead atoms. The van der Waals surface area contributed by atoms with Crippen molar-refractivity contribution in [1.82, 2.24) is 5.32 Å². The zero-order chi connectivity index (χ0) is 17.5. The molecule has 0 aliphatic carbocycles. The molecule has 0 fully saturated rings. The summed E-state index contributed by atoms with van der Waals surface area (Å²) in [6.45, 7) is 5.98. The number of nitrogens with zero attached hydrogens (tertiary/aromatic N) is 1. The van der Waals surface area contributed by atoms with Gasteiger partial charge in [0.05, 0.1) is 18.1 Å². The highest BCUT2D eigenvalue weighted by Gasteiger charge is 2.17. The van der Waals surface area contributed by atoms with Crippen LogP contribution in [0.1, 0.15) is 31.3 Å². The van der Waals surface area contributed by atoms with Crippen LogP contribution in [0.5, 0.6) is 5.75 Å². The first-order valence-electron chi connectivity index (χ1n) is 7.84. The van der Waals surface area contributed by atoms with E-state index in [1.54, 1.807) is 17.0 Å². The van der Waals surface area contributed by atoms with E-state index in [1.165, 1.54) is 13.2 Å². The fourth-order valence-corrected chi connectivity index (χ4v) is 2.26. The Morgan fingerprint density at radius 2 is 1.96 bits per heavy atom. The summed E-state index contributed by atoms with van der Waals surface area (Å²) in [5.74, 6) is 0.449. The second kappa shape index (κ2) is 8.19. The van der Waals surface area contributed by atoms with Crippen molar-refractivity contribution in [3.05, 3.63) is 48.4 Å². The van der Waals surface area contributed by atoms with Crippen molar-refractivity contribution in [3.8, 4) is 5.75 Å². The molecule has 24 heavy (non-hydrogen) atoms. The minimum atomic E-state index is -0.310. The van der Waals surface area contributed by atoms with Crippen LogP contribution >= 0.6 is 0 Å². The number of rotatable bonds is 7. The van der Waals surface area contributed by atoms with Gasteiger partial charge in [0.2, 0.25) is 5.91 Å². The minimum absolute atomic E-state index is 0.00128. The molecule has 0 spiro atoms. The van der Waals surface area contributed by atoms with E-state index in [4.69, 9.17) is 9.15 Å². The van der Waals surface area contributed by atoms with E-state index in [0.717, 1.165) is 0 Å². The topological polar surface area (TPSA) is 71.8 Å². The second-order valence-corrected chi connectivity index (χ2v) is 5.54. The van der Waals surface area contributed by atoms with Crippen LogP contribution in [0.4, 0.5) is 5.69 Å². The first-order valence-corrected chi connectivity index (χ1v) is 7.84. The summed E-state index contributed by atoms with van der Waals surface area (Å²) in [5, 5.41) is 2.73. The number of hydrogen-bond acceptors (Lipinski definition) is 4. The van der Waals surface area contributed by atoms with E-state index < -0.39 is 0 Å². The third-order valence-corrected chi connectivity index (χ3v) is 3.26. The van der Waals surface area contributed by atoms with Gasteiger partial charge in [0, 0.05) is 20.0 Å². The van der Waals surface area contributed by atoms with Gasteiger partial charge in [0.25, 0.3) is 5.91 Å². The highest BCUT2D eigenvalue weighted by atomic mass is 16.5. The van der Waals surface area contributed by atoms with Gasteiger partial charge < -0.3 is 19.4 Å². The first-order chi connectivity index (χ1) is 11.5. The molecule has 0 aliphatic heterocycles. The molecular formula is C18H22N2O4. The van der Waals surface area contributed by atoms with Gasteiger partial charge in [-0.05, 0) is 38.1 Å². The predicted molar refractivity (Wildman–Crippen MR) is 91.3 cm³/mol. The van der Waals surface area contributed by atoms with Gasteiger partial charge in [0.1, 0.15) is 5.75 Å². The lowest BCUT2D eigenvalue weighted by Gasteiger charge is -2.24. The summed E-state index contributed by atoms with van der Waals surface area (Å²) in [6, 6.07) is 10.6. The van der Waals surface area contributed by atoms with Crippen LogP contribution in [0.15, 0.2) is 47.1 Å². The molecule has 1 aromatic carbocycles. The Kier molecular flexibility index (Phi) is 6.01. The highest BCUT2D eigenvalue weighted by molar-refractivity contribution is 5.94. The van der Waals surface area contributed by atoms with Crippen LogP contribution < -0.4 is 15.0 Å². The Hall–Kier alpha value is -2.76. The number of carbonyl (C=O) groups is 2. The number of para-hydroxylation sites is 2. The van der Waals surface area contributed by atoms with E-state index in [1.807, 2.05) is 38.1 Å². The van der Waals surface area contributed by atoms with Crippen LogP contribution in [-0.2, 0) is 4.79 Å². The number of nitrogens with one attached hydrogen (secondary N) is 1. The van der Waals surface area contributed by atoms with E-state index in [0.29, 0.717) is 24.5 Å². The molecule has 0 radical (unpaired) electrons. The molecule has 6 heteroatoms. The average molecular weight is 330 g/mol. The Balaban J connectivity index is 2.05. The molecule has 2 aromatic rings. The summed E-state index contributed by atoms with van der Waals surface area (Å²) in [7, 11) is 0. The molecule has 2 amide bonds. The van der Waals surface area contributed by atoms with Crippen LogP contribution in [-0.4, -0.2) is 31.0 Å². The number of ether oxygens (including phenoxy) is 1. The van der Waals surface area contributed by atoms with E-state index >= 15 is 0 Å². The molecule has 0 unspecified atom stereocenters. The molecule has 128 valence electrons. The lowest BCUT2D eigenvalue weighted by molar-refractivity contribution is -0.116. The highest BCUT2D eigenvalue weighted by Crippen LogP contribution is 2.28. The molecule has 1 aromatic heterocycles. The molecule has 2 rings (SSSR count). The summed E-state index contributed by atoms with van der Waals surface area (Å²) < 4.78 is 10.8. The first kappa shape index (κ1) is 17.6. The average Bonchev–Trinajstić information content (AvgIpc) is 3.06. The molecule has 0 saturated heterocycles. The predicted octanol–water partition coefficient (Wildman–Crippen LogP) is 2.85. The third-order valence-electron chi connectivity index (χ3n) is 3.26. The largest absolute Gasteiger partial charge is 0.489 e. The maximum absolute atomic E-state index is 12.0. The van der Waals surface area contributed by atoms with Gasteiger partial charge in [0.15, 0.2) is 5.76 Å². The van der Waals surface area contributed by atoms with Crippen molar-refractivity contribution < 1.29 is 18.7 Å². The zero-order valence-corrected chi connectivity index (χ0v) is 14.1. The van der Waals surface area contributed by atoms with Gasteiger partial charge in [-0.15, -0.1) is 0 Å². The molecule has 1 N–H and O–H groups in total. The van der Waals surface area contributed by atoms with Crippen molar-refractivity contribution in [2.45, 2.75) is 26.9 Å². The summed E-state index contributed by atoms with van der Waals surface area (Å²) in [5.41, 5.74) is 0.686. The monoisotopic (exact) mass is 330 g/mol. The van der Waals surface area contributed by atoms with Gasteiger partial charge in [-0.1, -0.05) is 12.1 Å². The fourth-order valence-electron chi connectivity index (χ4n) is 2.26. The molecule has 6 nitrogen and oxygen atoms in total. The number of furan rings is 1. The lowest BCUT2D eigenvalue weighted by Crippen LogP contribution is -2.37. The fraction of sp³-hybridized carbons (Fsp3) is 0.333. The minimum Gasteiger partial charge on any atom is -0.489 e. The van der Waals surface area contributed by atoms with Crippen molar-refractivity contribution in [1.29, 1.82) is 0 Å². The van der Waals surface area contributed by atoms with Crippen molar-refractivity contribution >= 4 is 17.5 Å². The van der Waals surface area contributed by atoms with E-state index in [9.17, 15) is 9.59 Å². The molecule has 0 atom stereocenters. The van der Waals surface area contributed by atoms with Crippen molar-refractivity contribution in [2.24, 2.45) is 0 Å². The number of hydrogen-bond donors (Lipinski definition) is 1. The number of carbonyl (C=O) groups excluding carboxylic acids is 2. The Labute approximate surface area is 141 Å². The van der Waals surface area contributed by atoms with Crippen molar-refractivity contribution in [2.75, 3.05) is 18.0 Å². The van der Waals surface area contributed by atoms with Gasteiger partial charge in [-0.3, -0.25) is 9.59 Å². The lowest BCUT2D eigenvalue weighted by atomic mass is 10.2. The molecule has 0 saturated carbocycles. The third kappa shape index (κ3) is 4.62. The molecular weight excluding hydrogens is 308 g/mol. The molecule has 1 heterocycles. The summed E-state index contributed by atoms with van der Waals surface area (Å²) in [6.07, 6.45) is 1.44. The maximum Gasteiger partial charge on any atom is 0.287 e. The summed E-state index contributed by atoms with van der Waals surface area (Å²) in [4.78, 5) is 25.5. The second-order valence-electron chi connectivity index (χ2n) is 5.54. The van der Waals surface area contributed by atoms with Crippen LogP contribution in [0.3, 0.4) is 0 Å². The van der Waals surface area contributed by atoms with Crippen LogP contribution in [0, 0.1) is 0 Å². The smallest absolute Gasteiger partial charge is 0.287 e. The SMILES string of the molecule is CC(=O)N(CCNC(=O)c1ccco1)c1ccccc1OC(C)C. The Morgan fingerprint density at radius 1 is 1.21 bits per heavy atom. The van der Waals surface area contributed by atoms with Gasteiger partial charge >= 0.3 is 0 Å². The number of anilines is 1. The van der Waals surface area contributed by atoms with Gasteiger partial charge in [-0.25, -0.2) is 0 Å². The number of benzene rings is 1. The van der Waals surface area contributed by atoms with E-state index in [2.05, 4.69) is 5.32 Å². The van der Waals surface area contributed by atoms with Crippen LogP contribution in [0.2, 0.25) is 0 Å². The Bertz CT molecular complexity index is 680. The quantitative estimate of drug-likeness (QED) is 0.847. The number of amides is 2. The van der Waals surface area contributed by atoms with Gasteiger partial charge in [-0.2, -0.15) is 0 Å². The summed E-state index contributed by atoms with van der Waals surface area (Å²) >= 11 is 0. The van der Waals surface area contributed by atoms with E-state index in [-0.39, 0.29) is 23.7 Å². The molecule has 0 aliphatic rings. The van der Waals surface area contributed by atoms with Crippen molar-refractivity contribution in [3.63, 3.8) is 0 Å². The Morgan fingerprint density at radius 3 is 2.58 bits per heavy atom.